The number of rotatable bonds is 1. The molecule has 17 heavy (non-hydrogen) atoms. The lowest BCUT2D eigenvalue weighted by Gasteiger charge is -2.10. The van der Waals surface area contributed by atoms with Gasteiger partial charge in [0, 0.05) is 16.1 Å². The molecule has 0 aliphatic heterocycles. The summed E-state index contributed by atoms with van der Waals surface area (Å²) in [4.78, 5) is 0. The van der Waals surface area contributed by atoms with E-state index in [9.17, 15) is 15.3 Å². The fraction of sp³-hybridized carbons (Fsp3) is 0. The van der Waals surface area contributed by atoms with Crippen LogP contribution in [0.2, 0.25) is 5.02 Å². The number of benzene rings is 2. The zero-order valence-electron chi connectivity index (χ0n) is 8.68. The van der Waals surface area contributed by atoms with Crippen molar-refractivity contribution in [1.29, 1.82) is 0 Å². The number of hydrogen-bond acceptors (Lipinski definition) is 4. The Kier molecular flexibility index (Phi) is 2.73. The minimum atomic E-state index is -0.275. The van der Waals surface area contributed by atoms with Gasteiger partial charge in [0.15, 0.2) is 0 Å². The van der Waals surface area contributed by atoms with Crippen molar-refractivity contribution in [1.82, 2.24) is 0 Å². The normalized spacial score (nSPS) is 10.4. The van der Waals surface area contributed by atoms with Gasteiger partial charge >= 0.3 is 0 Å². The second-order valence-electron chi connectivity index (χ2n) is 3.56. The lowest BCUT2D eigenvalue weighted by molar-refractivity contribution is 0.455. The van der Waals surface area contributed by atoms with Crippen molar-refractivity contribution < 1.29 is 15.3 Å². The molecule has 2 aromatic rings. The Labute approximate surface area is 103 Å². The third kappa shape index (κ3) is 1.94. The number of halogens is 1. The van der Waals surface area contributed by atoms with Gasteiger partial charge in [-0.25, -0.2) is 0 Å². The largest absolute Gasteiger partial charge is 0.507 e. The minimum absolute atomic E-state index is 0.0714. The van der Waals surface area contributed by atoms with Crippen LogP contribution in [0.1, 0.15) is 0 Å². The van der Waals surface area contributed by atoms with E-state index in [0.717, 1.165) is 0 Å². The van der Waals surface area contributed by atoms with Gasteiger partial charge in [-0.3, -0.25) is 0 Å². The first-order valence-corrected chi connectivity index (χ1v) is 5.18. The van der Waals surface area contributed by atoms with Crippen molar-refractivity contribution in [3.63, 3.8) is 0 Å². The van der Waals surface area contributed by atoms with Crippen molar-refractivity contribution in [2.45, 2.75) is 0 Å². The summed E-state index contributed by atoms with van der Waals surface area (Å²) in [5.41, 5.74) is 6.08. The van der Waals surface area contributed by atoms with Crippen molar-refractivity contribution in [2.24, 2.45) is 0 Å². The molecule has 5 heteroatoms. The third-order valence-corrected chi connectivity index (χ3v) is 2.68. The predicted molar refractivity (Wildman–Crippen MR) is 66.3 cm³/mol. The quantitative estimate of drug-likeness (QED) is 0.464. The van der Waals surface area contributed by atoms with Gasteiger partial charge in [-0.1, -0.05) is 11.6 Å². The maximum absolute atomic E-state index is 9.80. The zero-order chi connectivity index (χ0) is 12.6. The van der Waals surface area contributed by atoms with Gasteiger partial charge in [-0.2, -0.15) is 0 Å². The average molecular weight is 252 g/mol. The summed E-state index contributed by atoms with van der Waals surface area (Å²) in [6.45, 7) is 0. The highest BCUT2D eigenvalue weighted by Gasteiger charge is 2.13. The zero-order valence-corrected chi connectivity index (χ0v) is 9.44. The molecule has 0 saturated heterocycles. The highest BCUT2D eigenvalue weighted by molar-refractivity contribution is 6.30. The first-order chi connectivity index (χ1) is 8.00. The Hall–Kier alpha value is -2.07. The van der Waals surface area contributed by atoms with Crippen molar-refractivity contribution in [3.8, 4) is 28.4 Å². The van der Waals surface area contributed by atoms with Crippen LogP contribution in [0.4, 0.5) is 5.69 Å². The van der Waals surface area contributed by atoms with Gasteiger partial charge in [0.2, 0.25) is 0 Å². The van der Waals surface area contributed by atoms with Crippen LogP contribution < -0.4 is 5.73 Å². The molecule has 0 aliphatic carbocycles. The van der Waals surface area contributed by atoms with E-state index in [0.29, 0.717) is 16.1 Å². The summed E-state index contributed by atoms with van der Waals surface area (Å²) >= 11 is 5.71. The second-order valence-corrected chi connectivity index (χ2v) is 3.99. The van der Waals surface area contributed by atoms with Gasteiger partial charge in [0.25, 0.3) is 0 Å². The first-order valence-electron chi connectivity index (χ1n) is 4.80. The van der Waals surface area contributed by atoms with E-state index in [1.807, 2.05) is 0 Å². The van der Waals surface area contributed by atoms with Gasteiger partial charge in [-0.05, 0) is 30.3 Å². The number of aromatic hydroxyl groups is 3. The minimum Gasteiger partial charge on any atom is -0.507 e. The van der Waals surface area contributed by atoms with Gasteiger partial charge in [0.05, 0.1) is 0 Å². The van der Waals surface area contributed by atoms with Gasteiger partial charge in [0.1, 0.15) is 22.9 Å². The van der Waals surface area contributed by atoms with Crippen LogP contribution in [0.15, 0.2) is 30.3 Å². The second kappa shape index (κ2) is 4.07. The van der Waals surface area contributed by atoms with Crippen LogP contribution >= 0.6 is 11.6 Å². The molecule has 0 radical (unpaired) electrons. The molecule has 0 aromatic heterocycles. The average Bonchev–Trinajstić information content (AvgIpc) is 2.28. The van der Waals surface area contributed by atoms with E-state index in [-0.39, 0.29) is 22.9 Å². The maximum Gasteiger partial charge on any atom is 0.150 e. The molecule has 0 spiro atoms. The van der Waals surface area contributed by atoms with E-state index in [4.69, 9.17) is 17.3 Å². The molecule has 2 rings (SSSR count). The van der Waals surface area contributed by atoms with E-state index < -0.39 is 0 Å². The standard InChI is InChI=1S/C12H10ClNO3/c13-6-1-2-7(10(16)5-6)8-3-4-9(15)11(14)12(8)17/h1-5,15-17H,14H2. The van der Waals surface area contributed by atoms with E-state index >= 15 is 0 Å². The Morgan fingerprint density at radius 1 is 0.882 bits per heavy atom. The summed E-state index contributed by atoms with van der Waals surface area (Å²) in [5, 5.41) is 29.2. The van der Waals surface area contributed by atoms with Crippen molar-refractivity contribution in [2.75, 3.05) is 5.73 Å². The van der Waals surface area contributed by atoms with Crippen LogP contribution in [0, 0.1) is 0 Å². The number of phenolic OH excluding ortho intramolecular Hbond substituents is 3. The fourth-order valence-corrected chi connectivity index (χ4v) is 1.71. The smallest absolute Gasteiger partial charge is 0.150 e. The highest BCUT2D eigenvalue weighted by Crippen LogP contribution is 2.42. The van der Waals surface area contributed by atoms with E-state index in [2.05, 4.69) is 0 Å². The predicted octanol–water partition coefficient (Wildman–Crippen LogP) is 2.71. The number of nitrogen functional groups attached to an aromatic ring is 1. The molecular weight excluding hydrogens is 242 g/mol. The fourth-order valence-electron chi connectivity index (χ4n) is 1.55. The molecule has 0 amide bonds. The molecule has 0 unspecified atom stereocenters. The van der Waals surface area contributed by atoms with Crippen molar-refractivity contribution >= 4 is 17.3 Å². The number of anilines is 1. The van der Waals surface area contributed by atoms with Crippen LogP contribution in [-0.2, 0) is 0 Å². The Morgan fingerprint density at radius 2 is 1.53 bits per heavy atom. The molecule has 5 N–H and O–H groups in total. The number of nitrogens with two attached hydrogens (primary N) is 1. The summed E-state index contributed by atoms with van der Waals surface area (Å²) in [5.74, 6) is -0.555. The molecule has 0 heterocycles. The van der Waals surface area contributed by atoms with E-state index in [1.165, 1.54) is 18.2 Å². The Morgan fingerprint density at radius 3 is 2.18 bits per heavy atom. The first kappa shape index (κ1) is 11.4. The molecular formula is C12H10ClNO3. The molecule has 0 aliphatic rings. The molecule has 88 valence electrons. The Balaban J connectivity index is 2.65. The van der Waals surface area contributed by atoms with Crippen LogP contribution in [0.25, 0.3) is 11.1 Å². The molecule has 0 saturated carbocycles. The third-order valence-electron chi connectivity index (χ3n) is 2.44. The SMILES string of the molecule is Nc1c(O)ccc(-c2ccc(Cl)cc2O)c1O. The number of phenols is 3. The van der Waals surface area contributed by atoms with Crippen molar-refractivity contribution in [3.05, 3.63) is 35.4 Å². The molecule has 0 atom stereocenters. The lowest BCUT2D eigenvalue weighted by Crippen LogP contribution is -1.89. The molecule has 2 aromatic carbocycles. The topological polar surface area (TPSA) is 86.7 Å². The summed E-state index contributed by atoms with van der Waals surface area (Å²) < 4.78 is 0. The monoisotopic (exact) mass is 251 g/mol. The van der Waals surface area contributed by atoms with Crippen LogP contribution in [-0.4, -0.2) is 15.3 Å². The molecule has 0 fully saturated rings. The van der Waals surface area contributed by atoms with Crippen LogP contribution in [0.5, 0.6) is 17.2 Å². The maximum atomic E-state index is 9.80. The van der Waals surface area contributed by atoms with Gasteiger partial charge in [-0.15, -0.1) is 0 Å². The summed E-state index contributed by atoms with van der Waals surface area (Å²) in [6.07, 6.45) is 0. The Bertz CT molecular complexity index is 584. The summed E-state index contributed by atoms with van der Waals surface area (Å²) in [6, 6.07) is 7.31. The lowest BCUT2D eigenvalue weighted by atomic mass is 10.0. The molecule has 4 nitrogen and oxygen atoms in total. The van der Waals surface area contributed by atoms with Crippen LogP contribution in [0.3, 0.4) is 0 Å². The van der Waals surface area contributed by atoms with E-state index in [1.54, 1.807) is 12.1 Å². The highest BCUT2D eigenvalue weighted by atomic mass is 35.5. The number of hydrogen-bond donors (Lipinski definition) is 4. The summed E-state index contributed by atoms with van der Waals surface area (Å²) in [7, 11) is 0. The molecule has 0 bridgehead atoms. The van der Waals surface area contributed by atoms with Gasteiger partial charge < -0.3 is 21.1 Å².